The van der Waals surface area contributed by atoms with Gasteiger partial charge < -0.3 is 23.6 Å². The minimum atomic E-state index is -0.504. The predicted molar refractivity (Wildman–Crippen MR) is 124 cm³/mol. The van der Waals surface area contributed by atoms with Crippen molar-refractivity contribution >= 4 is 11.7 Å². The maximum absolute atomic E-state index is 13.2. The molecule has 0 aliphatic rings. The molecule has 0 amide bonds. The number of aromatic nitrogens is 1. The summed E-state index contributed by atoms with van der Waals surface area (Å²) >= 11 is 0. The Balaban J connectivity index is 1.81. The van der Waals surface area contributed by atoms with E-state index in [2.05, 4.69) is 10.3 Å². The van der Waals surface area contributed by atoms with Gasteiger partial charge in [-0.1, -0.05) is 17.2 Å². The average Bonchev–Trinajstić information content (AvgIpc) is 3.33. The highest BCUT2D eigenvalue weighted by atomic mass is 19.1. The molecule has 0 unspecified atom stereocenters. The first-order chi connectivity index (χ1) is 16.5. The van der Waals surface area contributed by atoms with Gasteiger partial charge in [-0.2, -0.15) is 0 Å². The van der Waals surface area contributed by atoms with Gasteiger partial charge >= 0.3 is 5.97 Å². The molecule has 1 aromatic heterocycles. The minimum Gasteiger partial charge on any atom is -0.493 e. The van der Waals surface area contributed by atoms with E-state index in [9.17, 15) is 9.18 Å². The van der Waals surface area contributed by atoms with Gasteiger partial charge in [-0.25, -0.2) is 9.18 Å². The van der Waals surface area contributed by atoms with E-state index in [0.29, 0.717) is 47.4 Å². The zero-order valence-electron chi connectivity index (χ0n) is 19.4. The van der Waals surface area contributed by atoms with Gasteiger partial charge in [0.2, 0.25) is 0 Å². The Morgan fingerprint density at radius 2 is 1.82 bits per heavy atom. The van der Waals surface area contributed by atoms with E-state index in [1.54, 1.807) is 43.3 Å². The molecule has 0 saturated heterocycles. The monoisotopic (exact) mass is 470 g/mol. The summed E-state index contributed by atoms with van der Waals surface area (Å²) < 4.78 is 35.2. The molecule has 34 heavy (non-hydrogen) atoms. The molecule has 3 aromatic rings. The number of benzene rings is 2. The summed E-state index contributed by atoms with van der Waals surface area (Å²) in [5.74, 6) is 0.317. The van der Waals surface area contributed by atoms with E-state index in [1.807, 2.05) is 13.8 Å². The van der Waals surface area contributed by atoms with Crippen molar-refractivity contribution < 1.29 is 32.8 Å². The van der Waals surface area contributed by atoms with Crippen molar-refractivity contribution in [1.29, 1.82) is 0 Å². The van der Waals surface area contributed by atoms with Crippen LogP contribution in [0.2, 0.25) is 0 Å². The second kappa shape index (κ2) is 12.4. The maximum atomic E-state index is 13.2. The van der Waals surface area contributed by atoms with Crippen molar-refractivity contribution in [3.8, 4) is 22.8 Å². The summed E-state index contributed by atoms with van der Waals surface area (Å²) in [5, 5.41) is 8.18. The van der Waals surface area contributed by atoms with Gasteiger partial charge in [0.15, 0.2) is 11.5 Å². The molecule has 0 N–H and O–H groups in total. The van der Waals surface area contributed by atoms with E-state index < -0.39 is 5.97 Å². The molecule has 0 aliphatic carbocycles. The van der Waals surface area contributed by atoms with Crippen molar-refractivity contribution in [2.75, 3.05) is 26.4 Å². The number of ether oxygens (including phenoxy) is 3. The molecular formula is C25H27FN2O6. The number of carbonyl (C=O) groups is 1. The molecule has 0 bridgehead atoms. The molecule has 8 nitrogen and oxygen atoms in total. The van der Waals surface area contributed by atoms with Crippen LogP contribution in [0.4, 0.5) is 4.39 Å². The molecule has 2 aromatic carbocycles. The minimum absolute atomic E-state index is 0.0159. The van der Waals surface area contributed by atoms with Crippen LogP contribution in [0, 0.1) is 5.82 Å². The molecule has 0 saturated carbocycles. The van der Waals surface area contributed by atoms with Gasteiger partial charge in [0.1, 0.15) is 41.8 Å². The van der Waals surface area contributed by atoms with Crippen LogP contribution in [0.25, 0.3) is 11.3 Å². The Morgan fingerprint density at radius 1 is 1.03 bits per heavy atom. The smallest absolute Gasteiger partial charge is 0.342 e. The highest BCUT2D eigenvalue weighted by Gasteiger charge is 2.18. The molecule has 0 atom stereocenters. The topological polar surface area (TPSA) is 92.4 Å². The number of hydrogen-bond acceptors (Lipinski definition) is 8. The van der Waals surface area contributed by atoms with Crippen molar-refractivity contribution in [3.05, 3.63) is 65.7 Å². The second-order valence-electron chi connectivity index (χ2n) is 7.05. The summed E-state index contributed by atoms with van der Waals surface area (Å²) in [7, 11) is 0. The molecule has 0 aliphatic heterocycles. The van der Waals surface area contributed by atoms with Crippen LogP contribution in [0.3, 0.4) is 0 Å². The lowest BCUT2D eigenvalue weighted by atomic mass is 10.1. The van der Waals surface area contributed by atoms with E-state index in [0.717, 1.165) is 6.42 Å². The molecule has 1 heterocycles. The van der Waals surface area contributed by atoms with Crippen LogP contribution in [-0.4, -0.2) is 43.3 Å². The van der Waals surface area contributed by atoms with Crippen molar-refractivity contribution in [2.45, 2.75) is 27.2 Å². The molecule has 0 fully saturated rings. The van der Waals surface area contributed by atoms with Crippen molar-refractivity contribution in [2.24, 2.45) is 5.16 Å². The number of esters is 1. The highest BCUT2D eigenvalue weighted by molar-refractivity contribution is 5.99. The fourth-order valence-corrected chi connectivity index (χ4v) is 2.93. The highest BCUT2D eigenvalue weighted by Crippen LogP contribution is 2.26. The van der Waals surface area contributed by atoms with Crippen LogP contribution in [-0.2, 0) is 9.57 Å². The van der Waals surface area contributed by atoms with E-state index >= 15 is 0 Å². The van der Waals surface area contributed by atoms with E-state index in [-0.39, 0.29) is 24.6 Å². The van der Waals surface area contributed by atoms with Crippen LogP contribution < -0.4 is 9.47 Å². The number of nitrogens with zero attached hydrogens (tertiary/aromatic N) is 2. The lowest BCUT2D eigenvalue weighted by molar-refractivity contribution is 0.0521. The molecule has 180 valence electrons. The number of hydrogen-bond donors (Lipinski definition) is 0. The Bertz CT molecular complexity index is 1110. The van der Waals surface area contributed by atoms with Gasteiger partial charge in [0.25, 0.3) is 0 Å². The first-order valence-corrected chi connectivity index (χ1v) is 11.0. The zero-order chi connectivity index (χ0) is 24.3. The largest absolute Gasteiger partial charge is 0.493 e. The Hall–Kier alpha value is -3.88. The SMILES string of the molecule is CCCON=C(COc1ccc(OCC)c(C(=O)OCC)c1)c1cc(-c2ccc(F)cc2)no1. The fourth-order valence-electron chi connectivity index (χ4n) is 2.93. The van der Waals surface area contributed by atoms with Gasteiger partial charge in [0, 0.05) is 11.6 Å². The van der Waals surface area contributed by atoms with Crippen LogP contribution >= 0.6 is 0 Å². The summed E-state index contributed by atoms with van der Waals surface area (Å²) in [6.45, 7) is 6.56. The standard InChI is InChI=1S/C25H27FN2O6/c1-4-13-33-27-22(24-15-21(28-34-24)17-7-9-18(26)10-8-17)16-32-19-11-12-23(30-5-2)20(14-19)25(29)31-6-3/h7-12,14-15H,4-6,13,16H2,1-3H3. The lowest BCUT2D eigenvalue weighted by Gasteiger charge is -2.12. The lowest BCUT2D eigenvalue weighted by Crippen LogP contribution is -2.14. The summed E-state index contributed by atoms with van der Waals surface area (Å²) in [5.41, 5.74) is 1.83. The quantitative estimate of drug-likeness (QED) is 0.154. The average molecular weight is 470 g/mol. The second-order valence-corrected chi connectivity index (χ2v) is 7.05. The predicted octanol–water partition coefficient (Wildman–Crippen LogP) is 5.27. The van der Waals surface area contributed by atoms with Crippen LogP contribution in [0.15, 0.2) is 58.2 Å². The number of oxime groups is 1. The number of halogens is 1. The van der Waals surface area contributed by atoms with Crippen LogP contribution in [0.1, 0.15) is 43.3 Å². The molecule has 9 heteroatoms. The number of carbonyl (C=O) groups excluding carboxylic acids is 1. The Kier molecular flexibility index (Phi) is 9.02. The summed E-state index contributed by atoms with van der Waals surface area (Å²) in [6, 6.07) is 12.5. The first kappa shape index (κ1) is 24.8. The van der Waals surface area contributed by atoms with Crippen LogP contribution in [0.5, 0.6) is 11.5 Å². The fraction of sp³-hybridized carbons (Fsp3) is 0.320. The van der Waals surface area contributed by atoms with Crippen molar-refractivity contribution in [3.63, 3.8) is 0 Å². The third-order valence-electron chi connectivity index (χ3n) is 4.53. The third kappa shape index (κ3) is 6.57. The first-order valence-electron chi connectivity index (χ1n) is 11.0. The molecular weight excluding hydrogens is 443 g/mol. The Labute approximate surface area is 197 Å². The molecule has 0 spiro atoms. The van der Waals surface area contributed by atoms with E-state index in [1.165, 1.54) is 12.1 Å². The summed E-state index contributed by atoms with van der Waals surface area (Å²) in [4.78, 5) is 17.7. The van der Waals surface area contributed by atoms with Gasteiger partial charge in [-0.15, -0.1) is 0 Å². The number of rotatable bonds is 12. The third-order valence-corrected chi connectivity index (χ3v) is 4.53. The molecule has 3 rings (SSSR count). The Morgan fingerprint density at radius 3 is 2.53 bits per heavy atom. The molecule has 0 radical (unpaired) electrons. The maximum Gasteiger partial charge on any atom is 0.342 e. The van der Waals surface area contributed by atoms with E-state index in [4.69, 9.17) is 23.6 Å². The van der Waals surface area contributed by atoms with Gasteiger partial charge in [-0.05, 0) is 62.7 Å². The summed E-state index contributed by atoms with van der Waals surface area (Å²) in [6.07, 6.45) is 0.774. The zero-order valence-corrected chi connectivity index (χ0v) is 19.4. The normalized spacial score (nSPS) is 11.2. The van der Waals surface area contributed by atoms with Gasteiger partial charge in [0.05, 0.1) is 13.2 Å². The van der Waals surface area contributed by atoms with Gasteiger partial charge in [-0.3, -0.25) is 0 Å². The van der Waals surface area contributed by atoms with Crippen molar-refractivity contribution in [1.82, 2.24) is 5.16 Å².